The number of rotatable bonds is 1. The smallest absolute Gasteiger partial charge is 0.115 e. The number of phenolic OH excluding ortho intramolecular Hbond substituents is 1. The van der Waals surface area contributed by atoms with Gasteiger partial charge in [-0.2, -0.15) is 0 Å². The van der Waals surface area contributed by atoms with Crippen molar-refractivity contribution >= 4 is 11.6 Å². The molecular weight excluding hydrogens is 196 g/mol. The Morgan fingerprint density at radius 2 is 1.50 bits per heavy atom. The standard InChI is InChI=1S/C12H9ClO/c13-12-4-2-1-3-11(12)9-5-7-10(14)8-6-9/h1-8,14H. The van der Waals surface area contributed by atoms with E-state index in [1.165, 1.54) is 0 Å². The topological polar surface area (TPSA) is 20.2 Å². The summed E-state index contributed by atoms with van der Waals surface area (Å²) in [5, 5.41) is 9.86. The van der Waals surface area contributed by atoms with Gasteiger partial charge in [0.1, 0.15) is 5.75 Å². The SMILES string of the molecule is Oc1ccc(-c2ccccc2Cl)cc1. The quantitative estimate of drug-likeness (QED) is 0.751. The molecule has 0 aliphatic heterocycles. The third-order valence-electron chi connectivity index (χ3n) is 2.05. The summed E-state index contributed by atoms with van der Waals surface area (Å²) in [6.07, 6.45) is 0. The molecule has 2 aromatic carbocycles. The van der Waals surface area contributed by atoms with Crippen molar-refractivity contribution in [3.8, 4) is 16.9 Å². The molecule has 14 heavy (non-hydrogen) atoms. The first-order valence-electron chi connectivity index (χ1n) is 4.31. The minimum atomic E-state index is 0.265. The molecule has 0 atom stereocenters. The van der Waals surface area contributed by atoms with Gasteiger partial charge in [-0.25, -0.2) is 0 Å². The van der Waals surface area contributed by atoms with Crippen LogP contribution in [-0.2, 0) is 0 Å². The van der Waals surface area contributed by atoms with Gasteiger partial charge in [0.15, 0.2) is 0 Å². The van der Waals surface area contributed by atoms with Gasteiger partial charge in [0.25, 0.3) is 0 Å². The molecule has 0 saturated carbocycles. The fourth-order valence-corrected chi connectivity index (χ4v) is 1.58. The van der Waals surface area contributed by atoms with E-state index in [0.29, 0.717) is 0 Å². The summed E-state index contributed by atoms with van der Waals surface area (Å²) >= 11 is 6.04. The largest absolute Gasteiger partial charge is 0.508 e. The van der Waals surface area contributed by atoms with Crippen LogP contribution in [0.15, 0.2) is 48.5 Å². The number of halogens is 1. The summed E-state index contributed by atoms with van der Waals surface area (Å²) in [5.41, 5.74) is 1.99. The lowest BCUT2D eigenvalue weighted by Crippen LogP contribution is -1.77. The zero-order valence-corrected chi connectivity index (χ0v) is 8.20. The van der Waals surface area contributed by atoms with Crippen molar-refractivity contribution in [1.82, 2.24) is 0 Å². The molecule has 2 rings (SSSR count). The summed E-state index contributed by atoms with van der Waals surface area (Å²) in [5.74, 6) is 0.265. The van der Waals surface area contributed by atoms with Crippen LogP contribution in [0.2, 0.25) is 5.02 Å². The third kappa shape index (κ3) is 1.73. The lowest BCUT2D eigenvalue weighted by molar-refractivity contribution is 0.475. The molecule has 1 nitrogen and oxygen atoms in total. The monoisotopic (exact) mass is 204 g/mol. The predicted octanol–water partition coefficient (Wildman–Crippen LogP) is 3.71. The van der Waals surface area contributed by atoms with Crippen molar-refractivity contribution in [3.05, 3.63) is 53.6 Å². The number of hydrogen-bond donors (Lipinski definition) is 1. The van der Waals surface area contributed by atoms with Gasteiger partial charge >= 0.3 is 0 Å². The Labute approximate surface area is 87.6 Å². The second kappa shape index (κ2) is 3.72. The molecule has 0 unspecified atom stereocenters. The minimum absolute atomic E-state index is 0.265. The Morgan fingerprint density at radius 3 is 2.14 bits per heavy atom. The molecule has 2 aromatic rings. The molecule has 0 amide bonds. The first-order valence-corrected chi connectivity index (χ1v) is 4.69. The van der Waals surface area contributed by atoms with Gasteiger partial charge in [-0.15, -0.1) is 0 Å². The molecule has 0 spiro atoms. The number of hydrogen-bond acceptors (Lipinski definition) is 1. The van der Waals surface area contributed by atoms with E-state index in [-0.39, 0.29) is 5.75 Å². The summed E-state index contributed by atoms with van der Waals surface area (Å²) < 4.78 is 0. The van der Waals surface area contributed by atoms with Gasteiger partial charge in [0.05, 0.1) is 0 Å². The third-order valence-corrected chi connectivity index (χ3v) is 2.38. The van der Waals surface area contributed by atoms with Crippen LogP contribution in [0, 0.1) is 0 Å². The van der Waals surface area contributed by atoms with Crippen molar-refractivity contribution in [3.63, 3.8) is 0 Å². The van der Waals surface area contributed by atoms with Gasteiger partial charge in [0.2, 0.25) is 0 Å². The maximum Gasteiger partial charge on any atom is 0.115 e. The van der Waals surface area contributed by atoms with E-state index < -0.39 is 0 Å². The average molecular weight is 205 g/mol. The molecule has 1 N–H and O–H groups in total. The molecule has 0 radical (unpaired) electrons. The van der Waals surface area contributed by atoms with Crippen LogP contribution >= 0.6 is 11.6 Å². The summed E-state index contributed by atoms with van der Waals surface area (Å²) in [6.45, 7) is 0. The van der Waals surface area contributed by atoms with E-state index in [4.69, 9.17) is 16.7 Å². The molecular formula is C12H9ClO. The molecule has 0 fully saturated rings. The van der Waals surface area contributed by atoms with Crippen LogP contribution in [0.25, 0.3) is 11.1 Å². The first-order chi connectivity index (χ1) is 6.77. The molecule has 0 aromatic heterocycles. The Bertz CT molecular complexity index is 434. The second-order valence-electron chi connectivity index (χ2n) is 3.03. The van der Waals surface area contributed by atoms with E-state index in [9.17, 15) is 0 Å². The van der Waals surface area contributed by atoms with Crippen LogP contribution in [0.5, 0.6) is 5.75 Å². The lowest BCUT2D eigenvalue weighted by Gasteiger charge is -2.03. The Morgan fingerprint density at radius 1 is 0.857 bits per heavy atom. The highest BCUT2D eigenvalue weighted by molar-refractivity contribution is 6.33. The highest BCUT2D eigenvalue weighted by Gasteiger charge is 2.01. The van der Waals surface area contributed by atoms with Crippen LogP contribution < -0.4 is 0 Å². The molecule has 0 bridgehead atoms. The fourth-order valence-electron chi connectivity index (χ4n) is 1.34. The highest BCUT2D eigenvalue weighted by atomic mass is 35.5. The molecule has 70 valence electrons. The molecule has 2 heteroatoms. The zero-order chi connectivity index (χ0) is 9.97. The number of aromatic hydroxyl groups is 1. The van der Waals surface area contributed by atoms with Crippen molar-refractivity contribution < 1.29 is 5.11 Å². The van der Waals surface area contributed by atoms with Gasteiger partial charge < -0.3 is 5.11 Å². The highest BCUT2D eigenvalue weighted by Crippen LogP contribution is 2.28. The molecule has 0 aliphatic carbocycles. The van der Waals surface area contributed by atoms with Crippen molar-refractivity contribution in [2.75, 3.05) is 0 Å². The normalized spacial score (nSPS) is 10.1. The maximum atomic E-state index is 9.14. The Hall–Kier alpha value is -1.47. The van der Waals surface area contributed by atoms with Gasteiger partial charge in [-0.05, 0) is 23.8 Å². The number of phenols is 1. The van der Waals surface area contributed by atoms with E-state index in [1.54, 1.807) is 12.1 Å². The molecule has 0 aliphatic rings. The number of benzene rings is 2. The average Bonchev–Trinajstić information content (AvgIpc) is 2.20. The molecule has 0 heterocycles. The van der Waals surface area contributed by atoms with Crippen molar-refractivity contribution in [2.24, 2.45) is 0 Å². The van der Waals surface area contributed by atoms with E-state index >= 15 is 0 Å². The van der Waals surface area contributed by atoms with E-state index in [1.807, 2.05) is 36.4 Å². The van der Waals surface area contributed by atoms with Crippen LogP contribution in [0.3, 0.4) is 0 Å². The van der Waals surface area contributed by atoms with Crippen LogP contribution in [0.1, 0.15) is 0 Å². The fraction of sp³-hybridized carbons (Fsp3) is 0. The van der Waals surface area contributed by atoms with Gasteiger partial charge in [-0.3, -0.25) is 0 Å². The van der Waals surface area contributed by atoms with E-state index in [2.05, 4.69) is 0 Å². The predicted molar refractivity (Wildman–Crippen MR) is 58.6 cm³/mol. The van der Waals surface area contributed by atoms with Gasteiger partial charge in [-0.1, -0.05) is 41.9 Å². The van der Waals surface area contributed by atoms with Gasteiger partial charge in [0, 0.05) is 10.6 Å². The summed E-state index contributed by atoms with van der Waals surface area (Å²) in [7, 11) is 0. The Kier molecular flexibility index (Phi) is 2.42. The minimum Gasteiger partial charge on any atom is -0.508 e. The summed E-state index contributed by atoms with van der Waals surface area (Å²) in [6, 6.07) is 14.6. The van der Waals surface area contributed by atoms with Crippen molar-refractivity contribution in [2.45, 2.75) is 0 Å². The van der Waals surface area contributed by atoms with E-state index in [0.717, 1.165) is 16.1 Å². The maximum absolute atomic E-state index is 9.14. The zero-order valence-electron chi connectivity index (χ0n) is 7.44. The van der Waals surface area contributed by atoms with Crippen molar-refractivity contribution in [1.29, 1.82) is 0 Å². The van der Waals surface area contributed by atoms with Crippen LogP contribution in [0.4, 0.5) is 0 Å². The summed E-state index contributed by atoms with van der Waals surface area (Å²) in [4.78, 5) is 0. The molecule has 0 saturated heterocycles. The van der Waals surface area contributed by atoms with Crippen LogP contribution in [-0.4, -0.2) is 5.11 Å². The second-order valence-corrected chi connectivity index (χ2v) is 3.43. The first kappa shape index (κ1) is 9.10. The lowest BCUT2D eigenvalue weighted by atomic mass is 10.1. The Balaban J connectivity index is 2.50.